The highest BCUT2D eigenvalue weighted by Gasteiger charge is 2.23. The topological polar surface area (TPSA) is 63.8 Å². The number of rotatable bonds is 3. The highest BCUT2D eigenvalue weighted by molar-refractivity contribution is 5.53. The van der Waals surface area contributed by atoms with Gasteiger partial charge in [0.1, 0.15) is 5.69 Å². The van der Waals surface area contributed by atoms with Crippen molar-refractivity contribution >= 4 is 0 Å². The van der Waals surface area contributed by atoms with Crippen molar-refractivity contribution in [3.63, 3.8) is 0 Å². The van der Waals surface area contributed by atoms with Crippen molar-refractivity contribution in [2.75, 3.05) is 6.54 Å². The number of nitrogens with one attached hydrogen (secondary N) is 1. The van der Waals surface area contributed by atoms with E-state index in [0.717, 1.165) is 37.1 Å². The van der Waals surface area contributed by atoms with E-state index >= 15 is 0 Å². The zero-order valence-corrected chi connectivity index (χ0v) is 10.4. The van der Waals surface area contributed by atoms with E-state index in [1.807, 2.05) is 12.1 Å². The first kappa shape index (κ1) is 11.3. The summed E-state index contributed by atoms with van der Waals surface area (Å²) in [5, 5.41) is 7.40. The first-order chi connectivity index (χ1) is 8.88. The van der Waals surface area contributed by atoms with Crippen molar-refractivity contribution in [2.45, 2.75) is 32.2 Å². The molecular formula is C13H16N4O. The van der Waals surface area contributed by atoms with Crippen LogP contribution in [0, 0.1) is 0 Å². The predicted octanol–water partition coefficient (Wildman–Crippen LogP) is 2.12. The molecule has 2 aromatic rings. The van der Waals surface area contributed by atoms with Gasteiger partial charge >= 0.3 is 0 Å². The highest BCUT2D eigenvalue weighted by Crippen LogP contribution is 2.24. The molecule has 1 saturated heterocycles. The fourth-order valence-corrected chi connectivity index (χ4v) is 2.29. The van der Waals surface area contributed by atoms with Crippen LogP contribution >= 0.6 is 0 Å². The number of aromatic nitrogens is 3. The Morgan fingerprint density at radius 1 is 1.50 bits per heavy atom. The van der Waals surface area contributed by atoms with Crippen molar-refractivity contribution in [2.24, 2.45) is 0 Å². The van der Waals surface area contributed by atoms with Crippen molar-refractivity contribution in [3.05, 3.63) is 29.8 Å². The molecule has 0 saturated carbocycles. The molecule has 0 spiro atoms. The second kappa shape index (κ2) is 4.86. The van der Waals surface area contributed by atoms with Gasteiger partial charge in [0, 0.05) is 6.20 Å². The van der Waals surface area contributed by atoms with Gasteiger partial charge in [-0.25, -0.2) is 0 Å². The molecule has 1 aliphatic rings. The lowest BCUT2D eigenvalue weighted by Gasteiger charge is -2.02. The normalized spacial score (nSPS) is 19.3. The van der Waals surface area contributed by atoms with Crippen molar-refractivity contribution in [1.82, 2.24) is 20.4 Å². The van der Waals surface area contributed by atoms with Crippen molar-refractivity contribution in [1.29, 1.82) is 0 Å². The number of hydrogen-bond acceptors (Lipinski definition) is 5. The lowest BCUT2D eigenvalue weighted by molar-refractivity contribution is 0.345. The average Bonchev–Trinajstić information content (AvgIpc) is 3.09. The van der Waals surface area contributed by atoms with Crippen molar-refractivity contribution < 1.29 is 4.52 Å². The summed E-state index contributed by atoms with van der Waals surface area (Å²) in [6, 6.07) is 4.19. The second-order valence-corrected chi connectivity index (χ2v) is 4.47. The fourth-order valence-electron chi connectivity index (χ4n) is 2.29. The quantitative estimate of drug-likeness (QED) is 0.896. The minimum absolute atomic E-state index is 0.208. The smallest absolute Gasteiger partial charge is 0.244 e. The van der Waals surface area contributed by atoms with Crippen LogP contribution in [0.15, 0.2) is 22.9 Å². The van der Waals surface area contributed by atoms with Gasteiger partial charge < -0.3 is 9.84 Å². The van der Waals surface area contributed by atoms with Crippen LogP contribution < -0.4 is 5.32 Å². The van der Waals surface area contributed by atoms with Crippen LogP contribution in [0.5, 0.6) is 0 Å². The predicted molar refractivity (Wildman–Crippen MR) is 66.9 cm³/mol. The summed E-state index contributed by atoms with van der Waals surface area (Å²) in [6.45, 7) is 3.12. The van der Waals surface area contributed by atoms with E-state index in [-0.39, 0.29) is 6.04 Å². The average molecular weight is 244 g/mol. The van der Waals surface area contributed by atoms with E-state index in [0.29, 0.717) is 11.7 Å². The molecule has 0 aromatic carbocycles. The highest BCUT2D eigenvalue weighted by atomic mass is 16.5. The molecule has 18 heavy (non-hydrogen) atoms. The third-order valence-corrected chi connectivity index (χ3v) is 3.28. The first-order valence-corrected chi connectivity index (χ1v) is 6.39. The molecule has 5 nitrogen and oxygen atoms in total. The Labute approximate surface area is 106 Å². The summed E-state index contributed by atoms with van der Waals surface area (Å²) in [7, 11) is 0. The Bertz CT molecular complexity index is 531. The molecular weight excluding hydrogens is 228 g/mol. The fraction of sp³-hybridized carbons (Fsp3) is 0.462. The van der Waals surface area contributed by atoms with Crippen LogP contribution in [-0.4, -0.2) is 21.7 Å². The summed E-state index contributed by atoms with van der Waals surface area (Å²) >= 11 is 0. The monoisotopic (exact) mass is 244 g/mol. The Kier molecular flexibility index (Phi) is 3.06. The molecule has 0 bridgehead atoms. The Hall–Kier alpha value is -1.75. The molecule has 1 fully saturated rings. The summed E-state index contributed by atoms with van der Waals surface area (Å²) in [5.74, 6) is 1.27. The molecule has 0 unspecified atom stereocenters. The van der Waals surface area contributed by atoms with Gasteiger partial charge in [-0.2, -0.15) is 4.98 Å². The van der Waals surface area contributed by atoms with Gasteiger partial charge in [-0.05, 0) is 37.4 Å². The van der Waals surface area contributed by atoms with E-state index < -0.39 is 0 Å². The summed E-state index contributed by atoms with van der Waals surface area (Å²) in [6.07, 6.45) is 4.89. The van der Waals surface area contributed by atoms with Crippen LogP contribution in [0.3, 0.4) is 0 Å². The molecule has 0 amide bonds. The Balaban J connectivity index is 1.92. The molecule has 0 radical (unpaired) electrons. The molecule has 2 aromatic heterocycles. The molecule has 3 heterocycles. The van der Waals surface area contributed by atoms with Gasteiger partial charge in [0.05, 0.1) is 6.04 Å². The number of hydrogen-bond donors (Lipinski definition) is 1. The van der Waals surface area contributed by atoms with E-state index in [1.54, 1.807) is 6.20 Å². The maximum absolute atomic E-state index is 5.34. The van der Waals surface area contributed by atoms with Crippen LogP contribution in [0.25, 0.3) is 11.5 Å². The standard InChI is InChI=1S/C13H16N4O/c1-2-9-5-3-8-15-11(9)12-16-13(18-17-12)10-6-4-7-14-10/h3,5,8,10,14H,2,4,6-7H2,1H3/t10-/m0/s1. The SMILES string of the molecule is CCc1cccnc1-c1noc([C@@H]2CCCN2)n1. The third kappa shape index (κ3) is 2.01. The van der Waals surface area contributed by atoms with Crippen molar-refractivity contribution in [3.8, 4) is 11.5 Å². The van der Waals surface area contributed by atoms with Crippen LogP contribution in [0.4, 0.5) is 0 Å². The van der Waals surface area contributed by atoms with E-state index in [1.165, 1.54) is 0 Å². The maximum Gasteiger partial charge on any atom is 0.244 e. The van der Waals surface area contributed by atoms with E-state index in [9.17, 15) is 0 Å². The first-order valence-electron chi connectivity index (χ1n) is 6.39. The van der Waals surface area contributed by atoms with Gasteiger partial charge in [-0.1, -0.05) is 18.1 Å². The molecule has 1 aliphatic heterocycles. The maximum atomic E-state index is 5.34. The second-order valence-electron chi connectivity index (χ2n) is 4.47. The number of pyridine rings is 1. The zero-order valence-electron chi connectivity index (χ0n) is 10.4. The summed E-state index contributed by atoms with van der Waals surface area (Å²) in [4.78, 5) is 8.82. The Morgan fingerprint density at radius 2 is 2.44 bits per heavy atom. The van der Waals surface area contributed by atoms with E-state index in [4.69, 9.17) is 4.52 Å². The lowest BCUT2D eigenvalue weighted by atomic mass is 10.1. The van der Waals surface area contributed by atoms with E-state index in [2.05, 4.69) is 27.4 Å². The molecule has 5 heteroatoms. The minimum atomic E-state index is 0.208. The molecule has 0 aliphatic carbocycles. The lowest BCUT2D eigenvalue weighted by Crippen LogP contribution is -2.13. The molecule has 1 atom stereocenters. The van der Waals surface area contributed by atoms with Gasteiger partial charge in [-0.15, -0.1) is 0 Å². The van der Waals surface area contributed by atoms with Gasteiger partial charge in [0.15, 0.2) is 0 Å². The third-order valence-electron chi connectivity index (χ3n) is 3.28. The zero-order chi connectivity index (χ0) is 12.4. The van der Waals surface area contributed by atoms with Gasteiger partial charge in [-0.3, -0.25) is 4.98 Å². The summed E-state index contributed by atoms with van der Waals surface area (Å²) < 4.78 is 5.34. The van der Waals surface area contributed by atoms with Gasteiger partial charge in [0.25, 0.3) is 0 Å². The van der Waals surface area contributed by atoms with Gasteiger partial charge in [0.2, 0.25) is 11.7 Å². The number of nitrogens with zero attached hydrogens (tertiary/aromatic N) is 3. The van der Waals surface area contributed by atoms with Crippen LogP contribution in [0.2, 0.25) is 0 Å². The Morgan fingerprint density at radius 3 is 3.22 bits per heavy atom. The molecule has 1 N–H and O–H groups in total. The molecule has 94 valence electrons. The van der Waals surface area contributed by atoms with Crippen LogP contribution in [0.1, 0.15) is 37.3 Å². The minimum Gasteiger partial charge on any atom is -0.337 e. The number of aryl methyl sites for hydroxylation is 1. The largest absolute Gasteiger partial charge is 0.337 e. The van der Waals surface area contributed by atoms with Crippen LogP contribution in [-0.2, 0) is 6.42 Å². The molecule has 3 rings (SSSR count). The summed E-state index contributed by atoms with van der Waals surface area (Å²) in [5.41, 5.74) is 1.97.